The molecule has 1 aromatic carbocycles. The first-order valence-corrected chi connectivity index (χ1v) is 5.24. The van der Waals surface area contributed by atoms with E-state index in [0.717, 1.165) is 0 Å². The van der Waals surface area contributed by atoms with E-state index in [9.17, 15) is 4.79 Å². The number of amides is 1. The van der Waals surface area contributed by atoms with Gasteiger partial charge in [0.1, 0.15) is 10.7 Å². The lowest BCUT2D eigenvalue weighted by Gasteiger charge is -2.12. The molecule has 0 aliphatic rings. The van der Waals surface area contributed by atoms with Crippen LogP contribution in [0.2, 0.25) is 0 Å². The molecule has 1 rings (SSSR count). The molecule has 0 aliphatic carbocycles. The standard InChI is InChI=1S/C11H14N2O2S/c1-7(10(12)14)6-15-9-5-3-2-4-8(9)11(13)16/h2-5,7H,6H2,1H3,(H2,12,14)(H2,13,16). The van der Waals surface area contributed by atoms with Crippen LogP contribution in [0.1, 0.15) is 12.5 Å². The van der Waals surface area contributed by atoms with Gasteiger partial charge >= 0.3 is 0 Å². The number of primary amides is 1. The van der Waals surface area contributed by atoms with Gasteiger partial charge in [0.05, 0.1) is 18.1 Å². The topological polar surface area (TPSA) is 78.3 Å². The minimum absolute atomic E-state index is 0.217. The lowest BCUT2D eigenvalue weighted by Crippen LogP contribution is -2.26. The van der Waals surface area contributed by atoms with Crippen molar-refractivity contribution in [2.45, 2.75) is 6.92 Å². The van der Waals surface area contributed by atoms with Crippen LogP contribution in [0.5, 0.6) is 5.75 Å². The maximum atomic E-state index is 10.8. The summed E-state index contributed by atoms with van der Waals surface area (Å²) in [6.07, 6.45) is 0. The quantitative estimate of drug-likeness (QED) is 0.744. The van der Waals surface area contributed by atoms with Gasteiger partial charge in [-0.25, -0.2) is 0 Å². The highest BCUT2D eigenvalue weighted by molar-refractivity contribution is 7.80. The van der Waals surface area contributed by atoms with Crippen molar-refractivity contribution in [2.75, 3.05) is 6.61 Å². The molecule has 86 valence electrons. The lowest BCUT2D eigenvalue weighted by molar-refractivity contribution is -0.122. The first-order valence-electron chi connectivity index (χ1n) is 4.83. The molecule has 0 saturated carbocycles. The van der Waals surface area contributed by atoms with E-state index in [-0.39, 0.29) is 17.5 Å². The number of nitrogens with two attached hydrogens (primary N) is 2. The van der Waals surface area contributed by atoms with E-state index in [1.807, 2.05) is 12.1 Å². The second-order valence-electron chi connectivity index (χ2n) is 3.47. The molecule has 0 heterocycles. The van der Waals surface area contributed by atoms with Crippen LogP contribution in [-0.4, -0.2) is 17.5 Å². The zero-order valence-corrected chi connectivity index (χ0v) is 9.79. The Balaban J connectivity index is 2.74. The van der Waals surface area contributed by atoms with Gasteiger partial charge in [0.2, 0.25) is 5.91 Å². The number of carbonyl (C=O) groups excluding carboxylic acids is 1. The fourth-order valence-corrected chi connectivity index (χ4v) is 1.26. The number of hydrogen-bond acceptors (Lipinski definition) is 3. The molecular weight excluding hydrogens is 224 g/mol. The summed E-state index contributed by atoms with van der Waals surface area (Å²) < 4.78 is 5.45. The number of rotatable bonds is 5. The summed E-state index contributed by atoms with van der Waals surface area (Å²) in [7, 11) is 0. The van der Waals surface area contributed by atoms with E-state index in [1.54, 1.807) is 19.1 Å². The van der Waals surface area contributed by atoms with Crippen molar-refractivity contribution in [3.05, 3.63) is 29.8 Å². The molecule has 1 unspecified atom stereocenters. The second kappa shape index (κ2) is 5.46. The molecule has 0 saturated heterocycles. The highest BCUT2D eigenvalue weighted by atomic mass is 32.1. The Morgan fingerprint density at radius 2 is 2.06 bits per heavy atom. The largest absolute Gasteiger partial charge is 0.492 e. The molecule has 1 aromatic rings. The lowest BCUT2D eigenvalue weighted by atomic mass is 10.2. The second-order valence-corrected chi connectivity index (χ2v) is 3.91. The maximum Gasteiger partial charge on any atom is 0.223 e. The Kier molecular flexibility index (Phi) is 4.25. The Morgan fingerprint density at radius 1 is 1.44 bits per heavy atom. The van der Waals surface area contributed by atoms with E-state index >= 15 is 0 Å². The fourth-order valence-electron chi connectivity index (χ4n) is 1.09. The van der Waals surface area contributed by atoms with Crippen LogP contribution in [-0.2, 0) is 4.79 Å². The summed E-state index contributed by atoms with van der Waals surface area (Å²) in [5.74, 6) is -0.171. The molecule has 1 amide bonds. The van der Waals surface area contributed by atoms with Crippen LogP contribution in [0, 0.1) is 5.92 Å². The summed E-state index contributed by atoms with van der Waals surface area (Å²) in [5.41, 5.74) is 11.3. The van der Waals surface area contributed by atoms with E-state index in [2.05, 4.69) is 0 Å². The maximum absolute atomic E-state index is 10.8. The predicted molar refractivity (Wildman–Crippen MR) is 66.2 cm³/mol. The molecule has 4 N–H and O–H groups in total. The van der Waals surface area contributed by atoms with Gasteiger partial charge in [-0.3, -0.25) is 4.79 Å². The molecule has 0 aromatic heterocycles. The Labute approximate surface area is 99.6 Å². The van der Waals surface area contributed by atoms with E-state index < -0.39 is 5.91 Å². The molecule has 0 radical (unpaired) electrons. The van der Waals surface area contributed by atoms with Crippen LogP contribution in [0.3, 0.4) is 0 Å². The molecule has 0 bridgehead atoms. The number of thiocarbonyl (C=S) groups is 1. The summed E-state index contributed by atoms with van der Waals surface area (Å²) >= 11 is 4.89. The van der Waals surface area contributed by atoms with Gasteiger partial charge in [0.25, 0.3) is 0 Å². The fraction of sp³-hybridized carbons (Fsp3) is 0.273. The zero-order chi connectivity index (χ0) is 12.1. The van der Waals surface area contributed by atoms with Crippen LogP contribution in [0.15, 0.2) is 24.3 Å². The molecule has 0 fully saturated rings. The summed E-state index contributed by atoms with van der Waals surface area (Å²) in [5, 5.41) is 0. The van der Waals surface area contributed by atoms with Gasteiger partial charge < -0.3 is 16.2 Å². The number of carbonyl (C=O) groups is 1. The van der Waals surface area contributed by atoms with Gasteiger partial charge in [-0.05, 0) is 12.1 Å². The van der Waals surface area contributed by atoms with Crippen molar-refractivity contribution < 1.29 is 9.53 Å². The van der Waals surface area contributed by atoms with Gasteiger partial charge in [-0.1, -0.05) is 31.3 Å². The highest BCUT2D eigenvalue weighted by Gasteiger charge is 2.11. The molecule has 0 spiro atoms. The third-order valence-electron chi connectivity index (χ3n) is 2.13. The first-order chi connectivity index (χ1) is 7.52. The number of para-hydroxylation sites is 1. The Morgan fingerprint density at radius 3 is 2.62 bits per heavy atom. The van der Waals surface area contributed by atoms with E-state index in [1.165, 1.54) is 0 Å². The summed E-state index contributed by atoms with van der Waals surface area (Å²) in [4.78, 5) is 11.1. The summed E-state index contributed by atoms with van der Waals surface area (Å²) in [6.45, 7) is 1.92. The average Bonchev–Trinajstić information content (AvgIpc) is 2.25. The van der Waals surface area contributed by atoms with Crippen LogP contribution in [0.25, 0.3) is 0 Å². The van der Waals surface area contributed by atoms with E-state index in [4.69, 9.17) is 28.4 Å². The molecule has 1 atom stereocenters. The van der Waals surface area contributed by atoms with Crippen molar-refractivity contribution in [2.24, 2.45) is 17.4 Å². The smallest absolute Gasteiger partial charge is 0.223 e. The number of hydrogen-bond donors (Lipinski definition) is 2. The third-order valence-corrected chi connectivity index (χ3v) is 2.35. The van der Waals surface area contributed by atoms with Gasteiger partial charge in [0.15, 0.2) is 0 Å². The normalized spacial score (nSPS) is 11.8. The van der Waals surface area contributed by atoms with Crippen molar-refractivity contribution in [1.29, 1.82) is 0 Å². The number of ether oxygens (including phenoxy) is 1. The monoisotopic (exact) mass is 238 g/mol. The van der Waals surface area contributed by atoms with Crippen LogP contribution >= 0.6 is 12.2 Å². The van der Waals surface area contributed by atoms with Crippen LogP contribution in [0.4, 0.5) is 0 Å². The predicted octanol–water partition coefficient (Wildman–Crippen LogP) is 0.821. The van der Waals surface area contributed by atoms with Crippen molar-refractivity contribution in [3.8, 4) is 5.75 Å². The third kappa shape index (κ3) is 3.20. The molecule has 0 aliphatic heterocycles. The van der Waals surface area contributed by atoms with Gasteiger partial charge in [-0.2, -0.15) is 0 Å². The minimum Gasteiger partial charge on any atom is -0.492 e. The Bertz CT molecular complexity index is 407. The highest BCUT2D eigenvalue weighted by Crippen LogP contribution is 2.18. The molecule has 4 nitrogen and oxygen atoms in total. The van der Waals surface area contributed by atoms with Crippen molar-refractivity contribution >= 4 is 23.1 Å². The Hall–Kier alpha value is -1.62. The summed E-state index contributed by atoms with van der Waals surface area (Å²) in [6, 6.07) is 7.15. The SMILES string of the molecule is CC(COc1ccccc1C(N)=S)C(N)=O. The first kappa shape index (κ1) is 12.4. The van der Waals surface area contributed by atoms with Crippen molar-refractivity contribution in [1.82, 2.24) is 0 Å². The molecule has 5 heteroatoms. The molecule has 16 heavy (non-hydrogen) atoms. The number of benzene rings is 1. The van der Waals surface area contributed by atoms with Crippen LogP contribution < -0.4 is 16.2 Å². The minimum atomic E-state index is -0.396. The van der Waals surface area contributed by atoms with Crippen molar-refractivity contribution in [3.63, 3.8) is 0 Å². The van der Waals surface area contributed by atoms with Gasteiger partial charge in [0, 0.05) is 0 Å². The average molecular weight is 238 g/mol. The zero-order valence-electron chi connectivity index (χ0n) is 8.97. The molecular formula is C11H14N2O2S. The van der Waals surface area contributed by atoms with Gasteiger partial charge in [-0.15, -0.1) is 0 Å². The van der Waals surface area contributed by atoms with E-state index in [0.29, 0.717) is 11.3 Å².